The van der Waals surface area contributed by atoms with Crippen molar-refractivity contribution in [1.82, 2.24) is 10.3 Å². The lowest BCUT2D eigenvalue weighted by molar-refractivity contribution is 0.361. The van der Waals surface area contributed by atoms with E-state index in [1.807, 2.05) is 12.4 Å². The van der Waals surface area contributed by atoms with E-state index in [-0.39, 0.29) is 0 Å². The second-order valence-corrected chi connectivity index (χ2v) is 8.26. The van der Waals surface area contributed by atoms with Crippen molar-refractivity contribution in [2.75, 3.05) is 6.54 Å². The minimum Gasteiger partial charge on any atom is -0.313 e. The van der Waals surface area contributed by atoms with E-state index in [9.17, 15) is 0 Å². The molecule has 3 heteroatoms. The molecular weight excluding hydrogens is 324 g/mol. The zero-order chi connectivity index (χ0) is 14.4. The van der Waals surface area contributed by atoms with Gasteiger partial charge in [0.1, 0.15) is 0 Å². The topological polar surface area (TPSA) is 24.9 Å². The molecule has 3 aliphatic carbocycles. The summed E-state index contributed by atoms with van der Waals surface area (Å²) in [5.41, 5.74) is 1.37. The molecule has 1 aromatic rings. The van der Waals surface area contributed by atoms with Crippen LogP contribution >= 0.6 is 15.9 Å². The molecule has 2 bridgehead atoms. The van der Waals surface area contributed by atoms with Gasteiger partial charge in [-0.15, -0.1) is 0 Å². The van der Waals surface area contributed by atoms with Crippen molar-refractivity contribution in [1.29, 1.82) is 0 Å². The molecule has 1 N–H and O–H groups in total. The van der Waals surface area contributed by atoms with Crippen LogP contribution in [0.4, 0.5) is 0 Å². The average Bonchev–Trinajstić information content (AvgIpc) is 2.90. The molecule has 2 nitrogen and oxygen atoms in total. The summed E-state index contributed by atoms with van der Waals surface area (Å²) in [5, 5.41) is 3.85. The van der Waals surface area contributed by atoms with Crippen molar-refractivity contribution in [3.8, 4) is 0 Å². The average molecular weight is 349 g/mol. The van der Waals surface area contributed by atoms with Crippen LogP contribution in [-0.4, -0.2) is 17.6 Å². The van der Waals surface area contributed by atoms with Crippen molar-refractivity contribution < 1.29 is 0 Å². The number of hydrogen-bond acceptors (Lipinski definition) is 2. The minimum absolute atomic E-state index is 0.666. The molecule has 0 aliphatic heterocycles. The molecule has 3 aliphatic rings. The molecule has 114 valence electrons. The second-order valence-electron chi connectivity index (χ2n) is 7.34. The maximum atomic E-state index is 4.34. The molecule has 3 saturated carbocycles. The zero-order valence-electron chi connectivity index (χ0n) is 12.8. The number of hydrogen-bond donors (Lipinski definition) is 1. The van der Waals surface area contributed by atoms with Gasteiger partial charge in [-0.25, -0.2) is 0 Å². The standard InChI is InChI=1S/C18H25BrN2/c1-2-5-21-15(7-11-6-14(19)10-20-9-11)18-16-12-3-4-13(8-12)17(16)18/h6,9-10,12-13,15-18,21H,2-5,7-8H2,1H3. The highest BCUT2D eigenvalue weighted by Crippen LogP contribution is 2.70. The number of nitrogens with one attached hydrogen (secondary N) is 1. The Balaban J connectivity index is 1.47. The van der Waals surface area contributed by atoms with Crippen LogP contribution in [0.1, 0.15) is 38.2 Å². The monoisotopic (exact) mass is 348 g/mol. The van der Waals surface area contributed by atoms with E-state index in [0.717, 1.165) is 47.0 Å². The molecule has 3 fully saturated rings. The predicted molar refractivity (Wildman–Crippen MR) is 89.0 cm³/mol. The molecular formula is C18H25BrN2. The Morgan fingerprint density at radius 3 is 2.71 bits per heavy atom. The van der Waals surface area contributed by atoms with Crippen molar-refractivity contribution in [2.24, 2.45) is 29.6 Å². The largest absolute Gasteiger partial charge is 0.313 e. The summed E-state index contributed by atoms with van der Waals surface area (Å²) in [6, 6.07) is 2.90. The Labute approximate surface area is 136 Å². The van der Waals surface area contributed by atoms with Gasteiger partial charge in [0, 0.05) is 22.9 Å². The fourth-order valence-corrected chi connectivity index (χ4v) is 5.84. The van der Waals surface area contributed by atoms with Gasteiger partial charge in [-0.3, -0.25) is 4.98 Å². The first-order valence-corrected chi connectivity index (χ1v) is 9.40. The Kier molecular flexibility index (Phi) is 3.83. The van der Waals surface area contributed by atoms with E-state index in [1.54, 1.807) is 6.42 Å². The van der Waals surface area contributed by atoms with E-state index in [0.29, 0.717) is 6.04 Å². The molecule has 0 aromatic carbocycles. The molecule has 4 rings (SSSR count). The lowest BCUT2D eigenvalue weighted by atomic mass is 9.93. The van der Waals surface area contributed by atoms with Crippen LogP contribution in [0.3, 0.4) is 0 Å². The predicted octanol–water partition coefficient (Wildman–Crippen LogP) is 4.05. The number of rotatable bonds is 6. The van der Waals surface area contributed by atoms with E-state index in [4.69, 9.17) is 0 Å². The lowest BCUT2D eigenvalue weighted by Gasteiger charge is -2.22. The van der Waals surface area contributed by atoms with E-state index >= 15 is 0 Å². The summed E-state index contributed by atoms with van der Waals surface area (Å²) in [6.07, 6.45) is 10.9. The fourth-order valence-electron chi connectivity index (χ4n) is 5.43. The summed E-state index contributed by atoms with van der Waals surface area (Å²) in [6.45, 7) is 3.42. The molecule has 0 saturated heterocycles. The third-order valence-electron chi connectivity index (χ3n) is 6.13. The Morgan fingerprint density at radius 1 is 1.29 bits per heavy atom. The van der Waals surface area contributed by atoms with Crippen LogP contribution in [0.15, 0.2) is 22.9 Å². The molecule has 1 aromatic heterocycles. The summed E-state index contributed by atoms with van der Waals surface area (Å²) in [7, 11) is 0. The van der Waals surface area contributed by atoms with Gasteiger partial charge in [-0.2, -0.15) is 0 Å². The normalized spacial score (nSPS) is 37.5. The van der Waals surface area contributed by atoms with Crippen molar-refractivity contribution in [3.63, 3.8) is 0 Å². The van der Waals surface area contributed by atoms with Crippen LogP contribution in [0.25, 0.3) is 0 Å². The Hall–Kier alpha value is -0.410. The number of fused-ring (bicyclic) bond motifs is 5. The third kappa shape index (κ3) is 2.57. The minimum atomic E-state index is 0.666. The maximum absolute atomic E-state index is 4.34. The van der Waals surface area contributed by atoms with Gasteiger partial charge >= 0.3 is 0 Å². The highest BCUT2D eigenvalue weighted by molar-refractivity contribution is 9.10. The van der Waals surface area contributed by atoms with Crippen LogP contribution < -0.4 is 5.32 Å². The molecule has 0 amide bonds. The van der Waals surface area contributed by atoms with Crippen molar-refractivity contribution >= 4 is 15.9 Å². The SMILES string of the molecule is CCCNC(Cc1cncc(Br)c1)C1C2C3CCC(C3)C21. The number of halogens is 1. The second kappa shape index (κ2) is 5.66. The van der Waals surface area contributed by atoms with E-state index in [1.165, 1.54) is 24.8 Å². The van der Waals surface area contributed by atoms with E-state index in [2.05, 4.69) is 39.2 Å². The van der Waals surface area contributed by atoms with Crippen LogP contribution in [-0.2, 0) is 6.42 Å². The van der Waals surface area contributed by atoms with Gasteiger partial charge in [0.2, 0.25) is 0 Å². The molecule has 1 heterocycles. The van der Waals surface area contributed by atoms with Crippen LogP contribution in [0, 0.1) is 29.6 Å². The van der Waals surface area contributed by atoms with Crippen LogP contribution in [0.5, 0.6) is 0 Å². The molecule has 21 heavy (non-hydrogen) atoms. The fraction of sp³-hybridized carbons (Fsp3) is 0.722. The molecule has 0 radical (unpaired) electrons. The molecule has 5 atom stereocenters. The summed E-state index contributed by atoms with van der Waals surface area (Å²) < 4.78 is 1.10. The highest BCUT2D eigenvalue weighted by atomic mass is 79.9. The zero-order valence-corrected chi connectivity index (χ0v) is 14.3. The Bertz CT molecular complexity index is 502. The van der Waals surface area contributed by atoms with Gasteiger partial charge in [0.15, 0.2) is 0 Å². The smallest absolute Gasteiger partial charge is 0.0410 e. The van der Waals surface area contributed by atoms with Crippen molar-refractivity contribution in [3.05, 3.63) is 28.5 Å². The van der Waals surface area contributed by atoms with Gasteiger partial charge in [-0.1, -0.05) is 6.92 Å². The molecule has 0 spiro atoms. The van der Waals surface area contributed by atoms with E-state index < -0.39 is 0 Å². The number of aromatic nitrogens is 1. The van der Waals surface area contributed by atoms with Gasteiger partial charge in [0.25, 0.3) is 0 Å². The first-order chi connectivity index (χ1) is 10.3. The quantitative estimate of drug-likeness (QED) is 0.838. The summed E-state index contributed by atoms with van der Waals surface area (Å²) in [5.74, 6) is 5.19. The van der Waals surface area contributed by atoms with Crippen LogP contribution in [0.2, 0.25) is 0 Å². The van der Waals surface area contributed by atoms with Crippen molar-refractivity contribution in [2.45, 2.75) is 45.1 Å². The Morgan fingerprint density at radius 2 is 2.05 bits per heavy atom. The first-order valence-electron chi connectivity index (χ1n) is 8.60. The van der Waals surface area contributed by atoms with Gasteiger partial charge < -0.3 is 5.32 Å². The summed E-state index contributed by atoms with van der Waals surface area (Å²) in [4.78, 5) is 4.34. The third-order valence-corrected chi connectivity index (χ3v) is 6.57. The molecule has 5 unspecified atom stereocenters. The summed E-state index contributed by atoms with van der Waals surface area (Å²) >= 11 is 3.55. The lowest BCUT2D eigenvalue weighted by Crippen LogP contribution is -2.36. The van der Waals surface area contributed by atoms with Gasteiger partial charge in [-0.05, 0) is 95.8 Å². The van der Waals surface area contributed by atoms with Gasteiger partial charge in [0.05, 0.1) is 0 Å². The first kappa shape index (κ1) is 14.2. The number of pyridine rings is 1. The number of nitrogens with zero attached hydrogens (tertiary/aromatic N) is 1. The highest BCUT2D eigenvalue weighted by Gasteiger charge is 2.66. The maximum Gasteiger partial charge on any atom is 0.0410 e.